The molecule has 0 nitrogen and oxygen atoms in total. The molecule has 0 bridgehead atoms. The summed E-state index contributed by atoms with van der Waals surface area (Å²) in [7, 11) is 0. The van der Waals surface area contributed by atoms with Gasteiger partial charge in [-0.1, -0.05) is 65.2 Å². The van der Waals surface area contributed by atoms with Crippen LogP contribution in [-0.2, 0) is 12.8 Å². The largest absolute Gasteiger partial charge is 0.0654 e. The predicted molar refractivity (Wildman–Crippen MR) is 94.6 cm³/mol. The van der Waals surface area contributed by atoms with Crippen molar-refractivity contribution in [3.8, 4) is 0 Å². The van der Waals surface area contributed by atoms with Crippen LogP contribution in [0.1, 0.15) is 48.9 Å². The molecule has 2 aromatic carbocycles. The number of benzene rings is 2. The molecule has 108 valence electrons. The average Bonchev–Trinajstić information content (AvgIpc) is 2.80. The summed E-state index contributed by atoms with van der Waals surface area (Å²) in [5.41, 5.74) is 8.55. The van der Waals surface area contributed by atoms with Gasteiger partial charge in [-0.05, 0) is 66.1 Å². The van der Waals surface area contributed by atoms with E-state index >= 15 is 0 Å². The molecular formula is C20H21Br. The molecule has 0 radical (unpaired) electrons. The van der Waals surface area contributed by atoms with Crippen molar-refractivity contribution in [1.82, 2.24) is 0 Å². The van der Waals surface area contributed by atoms with E-state index in [9.17, 15) is 0 Å². The van der Waals surface area contributed by atoms with Crippen molar-refractivity contribution >= 4 is 21.5 Å². The van der Waals surface area contributed by atoms with E-state index in [4.69, 9.17) is 0 Å². The Bertz CT molecular complexity index is 677. The first kappa shape index (κ1) is 14.6. The minimum atomic E-state index is 1.07. The quantitative estimate of drug-likeness (QED) is 0.624. The SMILES string of the molecule is CCCCc1ccc(C2=C(C)Cc3cc(Br)ccc32)cc1. The monoisotopic (exact) mass is 340 g/mol. The zero-order valence-electron chi connectivity index (χ0n) is 12.7. The summed E-state index contributed by atoms with van der Waals surface area (Å²) in [6, 6.07) is 15.8. The summed E-state index contributed by atoms with van der Waals surface area (Å²) in [6.07, 6.45) is 4.80. The van der Waals surface area contributed by atoms with E-state index in [-0.39, 0.29) is 0 Å². The Hall–Kier alpha value is -1.34. The molecule has 2 aromatic rings. The van der Waals surface area contributed by atoms with Crippen molar-refractivity contribution in [2.45, 2.75) is 39.5 Å². The average molecular weight is 341 g/mol. The van der Waals surface area contributed by atoms with Gasteiger partial charge in [0.2, 0.25) is 0 Å². The van der Waals surface area contributed by atoms with Gasteiger partial charge < -0.3 is 0 Å². The Labute approximate surface area is 136 Å². The molecule has 0 saturated heterocycles. The van der Waals surface area contributed by atoms with Crippen LogP contribution in [0.3, 0.4) is 0 Å². The topological polar surface area (TPSA) is 0 Å². The summed E-state index contributed by atoms with van der Waals surface area (Å²) in [4.78, 5) is 0. The molecule has 0 fully saturated rings. The lowest BCUT2D eigenvalue weighted by molar-refractivity contribution is 0.795. The van der Waals surface area contributed by atoms with Crippen LogP contribution in [0, 0.1) is 0 Å². The van der Waals surface area contributed by atoms with Crippen LogP contribution in [-0.4, -0.2) is 0 Å². The molecule has 0 aromatic heterocycles. The van der Waals surface area contributed by atoms with Gasteiger partial charge in [-0.3, -0.25) is 0 Å². The first-order chi connectivity index (χ1) is 10.2. The summed E-state index contributed by atoms with van der Waals surface area (Å²) in [5, 5.41) is 0. The molecular weight excluding hydrogens is 320 g/mol. The molecule has 0 amide bonds. The van der Waals surface area contributed by atoms with Crippen LogP contribution >= 0.6 is 15.9 Å². The molecule has 1 aliphatic carbocycles. The van der Waals surface area contributed by atoms with E-state index in [1.165, 1.54) is 57.1 Å². The molecule has 0 spiro atoms. The molecule has 0 saturated carbocycles. The zero-order valence-corrected chi connectivity index (χ0v) is 14.3. The number of hydrogen-bond donors (Lipinski definition) is 0. The van der Waals surface area contributed by atoms with Crippen molar-refractivity contribution in [3.05, 3.63) is 74.8 Å². The number of rotatable bonds is 4. The van der Waals surface area contributed by atoms with Gasteiger partial charge in [0.05, 0.1) is 0 Å². The Balaban J connectivity index is 1.92. The fraction of sp³-hybridized carbons (Fsp3) is 0.300. The third kappa shape index (κ3) is 2.98. The second-order valence-electron chi connectivity index (χ2n) is 5.93. The molecule has 1 heteroatoms. The van der Waals surface area contributed by atoms with Crippen molar-refractivity contribution in [2.24, 2.45) is 0 Å². The molecule has 0 atom stereocenters. The van der Waals surface area contributed by atoms with Crippen molar-refractivity contribution in [3.63, 3.8) is 0 Å². The van der Waals surface area contributed by atoms with Crippen LogP contribution < -0.4 is 0 Å². The maximum absolute atomic E-state index is 3.58. The van der Waals surface area contributed by atoms with Crippen LogP contribution in [0.15, 0.2) is 52.5 Å². The number of hydrogen-bond acceptors (Lipinski definition) is 0. The van der Waals surface area contributed by atoms with Crippen molar-refractivity contribution in [2.75, 3.05) is 0 Å². The molecule has 0 heterocycles. The van der Waals surface area contributed by atoms with Crippen LogP contribution in [0.25, 0.3) is 5.57 Å². The second kappa shape index (κ2) is 6.19. The first-order valence-corrected chi connectivity index (χ1v) is 8.56. The van der Waals surface area contributed by atoms with Gasteiger partial charge in [-0.25, -0.2) is 0 Å². The van der Waals surface area contributed by atoms with Crippen LogP contribution in [0.5, 0.6) is 0 Å². The van der Waals surface area contributed by atoms with Gasteiger partial charge in [0.25, 0.3) is 0 Å². The normalized spacial score (nSPS) is 13.7. The molecule has 21 heavy (non-hydrogen) atoms. The summed E-state index contributed by atoms with van der Waals surface area (Å²) in [6.45, 7) is 4.50. The highest BCUT2D eigenvalue weighted by Crippen LogP contribution is 2.38. The Morgan fingerprint density at radius 2 is 1.81 bits per heavy atom. The van der Waals surface area contributed by atoms with Crippen LogP contribution in [0.4, 0.5) is 0 Å². The smallest absolute Gasteiger partial charge is 0.0178 e. The van der Waals surface area contributed by atoms with E-state index in [1.54, 1.807) is 0 Å². The highest BCUT2D eigenvalue weighted by Gasteiger charge is 2.20. The van der Waals surface area contributed by atoms with E-state index in [0.717, 1.165) is 6.42 Å². The Morgan fingerprint density at radius 3 is 2.52 bits per heavy atom. The minimum absolute atomic E-state index is 1.07. The van der Waals surface area contributed by atoms with Gasteiger partial charge >= 0.3 is 0 Å². The number of fused-ring (bicyclic) bond motifs is 1. The van der Waals surface area contributed by atoms with Gasteiger partial charge in [-0.2, -0.15) is 0 Å². The maximum Gasteiger partial charge on any atom is 0.0178 e. The van der Waals surface area contributed by atoms with Gasteiger partial charge in [0.1, 0.15) is 0 Å². The standard InChI is InChI=1S/C20H21Br/c1-3-4-5-15-6-8-16(9-7-15)20-14(2)12-17-13-18(21)10-11-19(17)20/h6-11,13H,3-5,12H2,1-2H3. The summed E-state index contributed by atoms with van der Waals surface area (Å²) in [5.74, 6) is 0. The lowest BCUT2D eigenvalue weighted by Gasteiger charge is -2.09. The predicted octanol–water partition coefficient (Wildman–Crippen LogP) is 6.17. The third-order valence-corrected chi connectivity index (χ3v) is 4.77. The van der Waals surface area contributed by atoms with Crippen LogP contribution in [0.2, 0.25) is 0 Å². The minimum Gasteiger partial charge on any atom is -0.0654 e. The number of aryl methyl sites for hydroxylation is 1. The summed E-state index contributed by atoms with van der Waals surface area (Å²) < 4.78 is 1.17. The number of halogens is 1. The number of allylic oxidation sites excluding steroid dienone is 1. The van der Waals surface area contributed by atoms with Crippen molar-refractivity contribution in [1.29, 1.82) is 0 Å². The lowest BCUT2D eigenvalue weighted by atomic mass is 9.96. The van der Waals surface area contributed by atoms with E-state index < -0.39 is 0 Å². The van der Waals surface area contributed by atoms with E-state index in [0.29, 0.717) is 0 Å². The first-order valence-electron chi connectivity index (χ1n) is 7.77. The molecule has 3 rings (SSSR count). The molecule has 0 N–H and O–H groups in total. The molecule has 0 unspecified atom stereocenters. The fourth-order valence-corrected chi connectivity index (χ4v) is 3.59. The third-order valence-electron chi connectivity index (χ3n) is 4.28. The summed E-state index contributed by atoms with van der Waals surface area (Å²) >= 11 is 3.58. The number of unbranched alkanes of at least 4 members (excludes halogenated alkanes) is 1. The maximum atomic E-state index is 3.58. The van der Waals surface area contributed by atoms with E-state index in [2.05, 4.69) is 72.2 Å². The molecule has 1 aliphatic rings. The molecule has 0 aliphatic heterocycles. The Kier molecular flexibility index (Phi) is 4.30. The highest BCUT2D eigenvalue weighted by molar-refractivity contribution is 9.10. The highest BCUT2D eigenvalue weighted by atomic mass is 79.9. The fourth-order valence-electron chi connectivity index (χ4n) is 3.18. The van der Waals surface area contributed by atoms with Gasteiger partial charge in [-0.15, -0.1) is 0 Å². The Morgan fingerprint density at radius 1 is 1.05 bits per heavy atom. The second-order valence-corrected chi connectivity index (χ2v) is 6.85. The van der Waals surface area contributed by atoms with Gasteiger partial charge in [0, 0.05) is 4.47 Å². The lowest BCUT2D eigenvalue weighted by Crippen LogP contribution is -1.90. The van der Waals surface area contributed by atoms with Gasteiger partial charge in [0.15, 0.2) is 0 Å². The van der Waals surface area contributed by atoms with Crippen molar-refractivity contribution < 1.29 is 0 Å². The van der Waals surface area contributed by atoms with E-state index in [1.807, 2.05) is 0 Å². The zero-order chi connectivity index (χ0) is 14.8.